The van der Waals surface area contributed by atoms with Crippen LogP contribution in [-0.4, -0.2) is 48.4 Å². The number of carboxylic acid groups (broad SMARTS) is 1. The first-order valence-electron chi connectivity index (χ1n) is 9.39. The van der Waals surface area contributed by atoms with Crippen LogP contribution in [0.5, 0.6) is 5.75 Å². The number of carbonyl (C=O) groups is 2. The lowest BCUT2D eigenvalue weighted by Crippen LogP contribution is -2.49. The van der Waals surface area contributed by atoms with Crippen molar-refractivity contribution in [2.24, 2.45) is 10.8 Å². The minimum atomic E-state index is -0.940. The molecule has 0 aliphatic carbocycles. The van der Waals surface area contributed by atoms with E-state index in [9.17, 15) is 14.7 Å². The van der Waals surface area contributed by atoms with Gasteiger partial charge in [0, 0.05) is 13.1 Å². The van der Waals surface area contributed by atoms with Crippen LogP contribution < -0.4 is 4.74 Å². The Morgan fingerprint density at radius 2 is 1.74 bits per heavy atom. The van der Waals surface area contributed by atoms with Crippen molar-refractivity contribution >= 4 is 12.1 Å². The van der Waals surface area contributed by atoms with Crippen molar-refractivity contribution in [2.45, 2.75) is 53.1 Å². The van der Waals surface area contributed by atoms with E-state index in [2.05, 4.69) is 0 Å². The molecular weight excluding hydrogens is 346 g/mol. The maximum atomic E-state index is 13.2. The Bertz CT molecular complexity index is 654. The minimum Gasteiger partial charge on any atom is -0.497 e. The van der Waals surface area contributed by atoms with Crippen LogP contribution in [0.15, 0.2) is 24.3 Å². The van der Waals surface area contributed by atoms with E-state index in [1.807, 2.05) is 52.0 Å². The molecule has 0 bridgehead atoms. The molecule has 1 fully saturated rings. The Balaban J connectivity index is 2.22. The van der Waals surface area contributed by atoms with Crippen molar-refractivity contribution in [3.63, 3.8) is 0 Å². The Labute approximate surface area is 161 Å². The van der Waals surface area contributed by atoms with Gasteiger partial charge in [0.15, 0.2) is 0 Å². The lowest BCUT2D eigenvalue weighted by atomic mass is 9.73. The van der Waals surface area contributed by atoms with E-state index in [0.29, 0.717) is 32.4 Å². The van der Waals surface area contributed by atoms with Crippen LogP contribution in [0.4, 0.5) is 4.79 Å². The lowest BCUT2D eigenvalue weighted by Gasteiger charge is -2.40. The second kappa shape index (κ2) is 8.19. The van der Waals surface area contributed by atoms with E-state index in [1.165, 1.54) is 4.90 Å². The van der Waals surface area contributed by atoms with Gasteiger partial charge in [0.1, 0.15) is 11.9 Å². The highest BCUT2D eigenvalue weighted by atomic mass is 16.5. The van der Waals surface area contributed by atoms with E-state index in [4.69, 9.17) is 9.47 Å². The first-order valence-corrected chi connectivity index (χ1v) is 9.39. The third-order valence-corrected chi connectivity index (χ3v) is 5.63. The highest BCUT2D eigenvalue weighted by Gasteiger charge is 2.45. The fraction of sp³-hybridized carbons (Fsp3) is 0.619. The quantitative estimate of drug-likeness (QED) is 0.786. The van der Waals surface area contributed by atoms with Gasteiger partial charge in [-0.25, -0.2) is 4.79 Å². The molecule has 2 rings (SSSR count). The number of ether oxygens (including phenoxy) is 2. The van der Waals surface area contributed by atoms with Crippen molar-refractivity contribution in [1.29, 1.82) is 0 Å². The number of amides is 1. The van der Waals surface area contributed by atoms with Crippen molar-refractivity contribution in [3.05, 3.63) is 29.8 Å². The molecule has 27 heavy (non-hydrogen) atoms. The summed E-state index contributed by atoms with van der Waals surface area (Å²) in [7, 11) is 1.61. The van der Waals surface area contributed by atoms with Crippen LogP contribution in [0.1, 0.15) is 46.1 Å². The minimum absolute atomic E-state index is 0.154. The maximum absolute atomic E-state index is 13.2. The molecule has 150 valence electrons. The first kappa shape index (κ1) is 21.1. The fourth-order valence-corrected chi connectivity index (χ4v) is 3.18. The van der Waals surface area contributed by atoms with Crippen LogP contribution >= 0.6 is 0 Å². The SMILES string of the molecule is COc1ccc(CC2(C(=O)OC(C)C(C)(C)C)CCN(C(=O)O)CC2)cc1. The zero-order valence-corrected chi connectivity index (χ0v) is 16.9. The standard InChI is InChI=1S/C21H31NO5/c1-15(20(2,3)4)27-18(23)21(10-12-22(13-11-21)19(24)25)14-16-6-8-17(26-5)9-7-16/h6-9,15H,10-14H2,1-5H3,(H,24,25). The molecule has 1 atom stereocenters. The maximum Gasteiger partial charge on any atom is 0.407 e. The monoisotopic (exact) mass is 377 g/mol. The topological polar surface area (TPSA) is 76.1 Å². The molecule has 1 N–H and O–H groups in total. The Kier molecular flexibility index (Phi) is 6.39. The number of methoxy groups -OCH3 is 1. The Morgan fingerprint density at radius 3 is 2.19 bits per heavy atom. The molecule has 1 aliphatic heterocycles. The van der Waals surface area contributed by atoms with Gasteiger partial charge in [-0.15, -0.1) is 0 Å². The molecule has 0 aromatic heterocycles. The van der Waals surface area contributed by atoms with E-state index in [0.717, 1.165) is 11.3 Å². The summed E-state index contributed by atoms with van der Waals surface area (Å²) in [6.45, 7) is 8.69. The average molecular weight is 377 g/mol. The number of likely N-dealkylation sites (tertiary alicyclic amines) is 1. The van der Waals surface area contributed by atoms with E-state index >= 15 is 0 Å². The molecule has 1 amide bonds. The third kappa shape index (κ3) is 5.15. The molecule has 1 aromatic carbocycles. The van der Waals surface area contributed by atoms with Crippen molar-refractivity contribution in [1.82, 2.24) is 4.90 Å². The van der Waals surface area contributed by atoms with Crippen molar-refractivity contribution in [2.75, 3.05) is 20.2 Å². The second-order valence-corrected chi connectivity index (χ2v) is 8.49. The van der Waals surface area contributed by atoms with Gasteiger partial charge in [0.25, 0.3) is 0 Å². The van der Waals surface area contributed by atoms with Gasteiger partial charge in [-0.05, 0) is 49.3 Å². The van der Waals surface area contributed by atoms with Crippen molar-refractivity contribution < 1.29 is 24.2 Å². The molecule has 1 aliphatic rings. The number of benzene rings is 1. The molecule has 1 saturated heterocycles. The molecule has 6 nitrogen and oxygen atoms in total. The zero-order valence-electron chi connectivity index (χ0n) is 16.9. The van der Waals surface area contributed by atoms with E-state index in [-0.39, 0.29) is 17.5 Å². The second-order valence-electron chi connectivity index (χ2n) is 8.49. The summed E-state index contributed by atoms with van der Waals surface area (Å²) in [6.07, 6.45) is 0.280. The zero-order chi connectivity index (χ0) is 20.2. The van der Waals surface area contributed by atoms with E-state index in [1.54, 1.807) is 7.11 Å². The number of nitrogens with zero attached hydrogens (tertiary/aromatic N) is 1. The summed E-state index contributed by atoms with van der Waals surface area (Å²) >= 11 is 0. The van der Waals surface area contributed by atoms with Gasteiger partial charge in [0.05, 0.1) is 12.5 Å². The first-order chi connectivity index (χ1) is 12.6. The van der Waals surface area contributed by atoms with Crippen LogP contribution in [0, 0.1) is 10.8 Å². The third-order valence-electron chi connectivity index (χ3n) is 5.63. The Morgan fingerprint density at radius 1 is 1.19 bits per heavy atom. The van der Waals surface area contributed by atoms with Gasteiger partial charge in [-0.1, -0.05) is 32.9 Å². The van der Waals surface area contributed by atoms with Gasteiger partial charge in [-0.3, -0.25) is 4.79 Å². The fourth-order valence-electron chi connectivity index (χ4n) is 3.18. The molecule has 1 heterocycles. The molecule has 0 radical (unpaired) electrons. The van der Waals surface area contributed by atoms with Gasteiger partial charge in [0.2, 0.25) is 0 Å². The summed E-state index contributed by atoms with van der Waals surface area (Å²) in [5.41, 5.74) is 0.152. The van der Waals surface area contributed by atoms with Gasteiger partial charge >= 0.3 is 12.1 Å². The largest absolute Gasteiger partial charge is 0.497 e. The van der Waals surface area contributed by atoms with E-state index < -0.39 is 11.5 Å². The molecule has 6 heteroatoms. The number of hydrogen-bond donors (Lipinski definition) is 1. The normalized spacial score (nSPS) is 17.9. The molecule has 0 saturated carbocycles. The predicted octanol–water partition coefficient (Wildman–Crippen LogP) is 3.98. The van der Waals surface area contributed by atoms with Crippen LogP contribution in [-0.2, 0) is 16.0 Å². The molecule has 1 unspecified atom stereocenters. The lowest BCUT2D eigenvalue weighted by molar-refractivity contribution is -0.169. The van der Waals surface area contributed by atoms with Gasteiger partial charge < -0.3 is 19.5 Å². The highest BCUT2D eigenvalue weighted by Crippen LogP contribution is 2.38. The van der Waals surface area contributed by atoms with Crippen LogP contribution in [0.2, 0.25) is 0 Å². The molecule has 1 aromatic rings. The summed E-state index contributed by atoms with van der Waals surface area (Å²) in [5, 5.41) is 9.24. The highest BCUT2D eigenvalue weighted by molar-refractivity contribution is 5.78. The van der Waals surface area contributed by atoms with Crippen LogP contribution in [0.3, 0.4) is 0 Å². The molecule has 0 spiro atoms. The number of hydrogen-bond acceptors (Lipinski definition) is 4. The molecular formula is C21H31NO5. The average Bonchev–Trinajstić information content (AvgIpc) is 2.61. The smallest absolute Gasteiger partial charge is 0.407 e. The number of piperidine rings is 1. The van der Waals surface area contributed by atoms with Crippen LogP contribution in [0.25, 0.3) is 0 Å². The summed E-state index contributed by atoms with van der Waals surface area (Å²) in [5.74, 6) is 0.531. The number of rotatable bonds is 5. The number of carbonyl (C=O) groups excluding carboxylic acids is 1. The van der Waals surface area contributed by atoms with Gasteiger partial charge in [-0.2, -0.15) is 0 Å². The Hall–Kier alpha value is -2.24. The summed E-state index contributed by atoms with van der Waals surface area (Å²) in [6, 6.07) is 7.65. The summed E-state index contributed by atoms with van der Waals surface area (Å²) < 4.78 is 11.0. The number of esters is 1. The van der Waals surface area contributed by atoms with Crippen molar-refractivity contribution in [3.8, 4) is 5.75 Å². The summed E-state index contributed by atoms with van der Waals surface area (Å²) in [4.78, 5) is 25.8. The predicted molar refractivity (Wildman–Crippen MR) is 103 cm³/mol.